The van der Waals surface area contributed by atoms with E-state index >= 15 is 0 Å². The first-order chi connectivity index (χ1) is 11.7. The molecule has 2 aliphatic rings. The zero-order valence-electron chi connectivity index (χ0n) is 13.9. The lowest BCUT2D eigenvalue weighted by atomic mass is 9.92. The number of hydrogen-bond acceptors (Lipinski definition) is 5. The molecule has 24 heavy (non-hydrogen) atoms. The van der Waals surface area contributed by atoms with Crippen molar-refractivity contribution in [3.05, 3.63) is 29.8 Å². The van der Waals surface area contributed by atoms with Crippen LogP contribution in [0, 0.1) is 6.92 Å². The number of amides is 1. The Hall–Kier alpha value is -2.08. The van der Waals surface area contributed by atoms with E-state index in [0.29, 0.717) is 13.2 Å². The topological polar surface area (TPSA) is 68.2 Å². The molecule has 0 bridgehead atoms. The molecule has 4 heterocycles. The summed E-state index contributed by atoms with van der Waals surface area (Å²) in [4.78, 5) is 28.1. The second kappa shape index (κ2) is 6.43. The van der Waals surface area contributed by atoms with Crippen molar-refractivity contribution in [1.29, 1.82) is 0 Å². The van der Waals surface area contributed by atoms with Crippen LogP contribution in [0.4, 0.5) is 0 Å². The standard InChI is InChI=1S/C18H22N4O2/c1-12-20-16(14-6-2-8-19-17(14)21-12)13-5-3-9-22(11-13)18(23)15-7-4-10-24-15/h2,6,8,13,15H,3-5,7,9-11H2,1H3/t13-,15+/m0/s1. The van der Waals surface area contributed by atoms with E-state index in [0.717, 1.165) is 54.8 Å². The quantitative estimate of drug-likeness (QED) is 0.846. The van der Waals surface area contributed by atoms with Gasteiger partial charge < -0.3 is 9.64 Å². The van der Waals surface area contributed by atoms with E-state index in [1.807, 2.05) is 24.0 Å². The molecule has 0 aromatic carbocycles. The van der Waals surface area contributed by atoms with Crippen molar-refractivity contribution < 1.29 is 9.53 Å². The molecule has 2 aromatic rings. The van der Waals surface area contributed by atoms with Crippen molar-refractivity contribution in [3.63, 3.8) is 0 Å². The van der Waals surface area contributed by atoms with Gasteiger partial charge in [-0.05, 0) is 44.7 Å². The smallest absolute Gasteiger partial charge is 0.251 e. The first-order valence-corrected chi connectivity index (χ1v) is 8.72. The van der Waals surface area contributed by atoms with Crippen LogP contribution in [-0.4, -0.2) is 51.6 Å². The SMILES string of the molecule is Cc1nc([C@H]2CCCN(C(=O)[C@H]3CCCO3)C2)c2cccnc2n1. The van der Waals surface area contributed by atoms with Gasteiger partial charge in [-0.1, -0.05) is 0 Å². The predicted octanol–water partition coefficient (Wildman–Crippen LogP) is 2.22. The van der Waals surface area contributed by atoms with Crippen LogP contribution in [0.3, 0.4) is 0 Å². The number of aryl methyl sites for hydroxylation is 1. The highest BCUT2D eigenvalue weighted by Gasteiger charge is 2.32. The normalized spacial score (nSPS) is 24.5. The highest BCUT2D eigenvalue weighted by molar-refractivity contribution is 5.82. The maximum Gasteiger partial charge on any atom is 0.251 e. The molecular weight excluding hydrogens is 304 g/mol. The first kappa shape index (κ1) is 15.4. The third kappa shape index (κ3) is 2.86. The molecule has 6 nitrogen and oxygen atoms in total. The fraction of sp³-hybridized carbons (Fsp3) is 0.556. The molecule has 0 spiro atoms. The number of carbonyl (C=O) groups excluding carboxylic acids is 1. The summed E-state index contributed by atoms with van der Waals surface area (Å²) in [5.74, 6) is 1.11. The number of carbonyl (C=O) groups is 1. The minimum absolute atomic E-state index is 0.144. The van der Waals surface area contributed by atoms with Crippen molar-refractivity contribution in [1.82, 2.24) is 19.9 Å². The molecule has 0 N–H and O–H groups in total. The second-order valence-electron chi connectivity index (χ2n) is 6.66. The van der Waals surface area contributed by atoms with Crippen LogP contribution in [0.25, 0.3) is 11.0 Å². The number of rotatable bonds is 2. The van der Waals surface area contributed by atoms with E-state index in [4.69, 9.17) is 9.72 Å². The fourth-order valence-electron chi connectivity index (χ4n) is 3.79. The Labute approximate surface area is 141 Å². The van der Waals surface area contributed by atoms with E-state index in [1.165, 1.54) is 0 Å². The molecular formula is C18H22N4O2. The Morgan fingerprint density at radius 3 is 3.04 bits per heavy atom. The second-order valence-corrected chi connectivity index (χ2v) is 6.66. The lowest BCUT2D eigenvalue weighted by Crippen LogP contribution is -2.44. The van der Waals surface area contributed by atoms with Crippen LogP contribution in [0.5, 0.6) is 0 Å². The first-order valence-electron chi connectivity index (χ1n) is 8.72. The van der Waals surface area contributed by atoms with Crippen LogP contribution in [0.1, 0.15) is 43.1 Å². The van der Waals surface area contributed by atoms with Gasteiger partial charge in [0.2, 0.25) is 0 Å². The number of pyridine rings is 1. The number of aromatic nitrogens is 3. The minimum Gasteiger partial charge on any atom is -0.368 e. The van der Waals surface area contributed by atoms with E-state index < -0.39 is 0 Å². The molecule has 0 saturated carbocycles. The Morgan fingerprint density at radius 1 is 1.29 bits per heavy atom. The van der Waals surface area contributed by atoms with Gasteiger partial charge in [0.15, 0.2) is 5.65 Å². The van der Waals surface area contributed by atoms with Crippen molar-refractivity contribution >= 4 is 16.9 Å². The van der Waals surface area contributed by atoms with Crippen molar-refractivity contribution in [2.45, 2.75) is 44.6 Å². The third-order valence-electron chi connectivity index (χ3n) is 4.94. The summed E-state index contributed by atoms with van der Waals surface area (Å²) >= 11 is 0. The summed E-state index contributed by atoms with van der Waals surface area (Å²) in [6.45, 7) is 4.12. The van der Waals surface area contributed by atoms with Gasteiger partial charge in [-0.3, -0.25) is 4.79 Å². The summed E-state index contributed by atoms with van der Waals surface area (Å²) in [7, 11) is 0. The molecule has 2 atom stereocenters. The molecule has 2 saturated heterocycles. The molecule has 0 aliphatic carbocycles. The van der Waals surface area contributed by atoms with Crippen LogP contribution in [0.2, 0.25) is 0 Å². The van der Waals surface area contributed by atoms with E-state index in [2.05, 4.69) is 9.97 Å². The molecule has 2 aliphatic heterocycles. The highest BCUT2D eigenvalue weighted by Crippen LogP contribution is 2.30. The number of likely N-dealkylation sites (tertiary alicyclic amines) is 1. The lowest BCUT2D eigenvalue weighted by Gasteiger charge is -2.34. The maximum absolute atomic E-state index is 12.7. The van der Waals surface area contributed by atoms with Gasteiger partial charge in [-0.15, -0.1) is 0 Å². The molecule has 0 radical (unpaired) electrons. The summed E-state index contributed by atoms with van der Waals surface area (Å²) in [5, 5.41) is 1.000. The van der Waals surface area contributed by atoms with Gasteiger partial charge in [0.05, 0.1) is 5.69 Å². The molecule has 1 amide bonds. The molecule has 2 fully saturated rings. The molecule has 6 heteroatoms. The number of hydrogen-bond donors (Lipinski definition) is 0. The third-order valence-corrected chi connectivity index (χ3v) is 4.94. The van der Waals surface area contributed by atoms with Crippen LogP contribution in [-0.2, 0) is 9.53 Å². The average molecular weight is 326 g/mol. The number of ether oxygens (including phenoxy) is 1. The van der Waals surface area contributed by atoms with Gasteiger partial charge in [0, 0.05) is 37.2 Å². The Bertz CT molecular complexity index is 758. The zero-order chi connectivity index (χ0) is 16.5. The number of piperidine rings is 1. The monoisotopic (exact) mass is 326 g/mol. The Morgan fingerprint density at radius 2 is 2.21 bits per heavy atom. The van der Waals surface area contributed by atoms with E-state index in [9.17, 15) is 4.79 Å². The molecule has 0 unspecified atom stereocenters. The summed E-state index contributed by atoms with van der Waals surface area (Å²) < 4.78 is 5.57. The van der Waals surface area contributed by atoms with Gasteiger partial charge in [0.25, 0.3) is 5.91 Å². The van der Waals surface area contributed by atoms with Crippen LogP contribution >= 0.6 is 0 Å². The average Bonchev–Trinajstić information content (AvgIpc) is 3.15. The minimum atomic E-state index is -0.241. The van der Waals surface area contributed by atoms with Gasteiger partial charge >= 0.3 is 0 Å². The van der Waals surface area contributed by atoms with Crippen molar-refractivity contribution in [2.75, 3.05) is 19.7 Å². The van der Waals surface area contributed by atoms with Crippen molar-refractivity contribution in [2.24, 2.45) is 0 Å². The summed E-state index contributed by atoms with van der Waals surface area (Å²) in [5.41, 5.74) is 1.76. The molecule has 126 valence electrons. The van der Waals surface area contributed by atoms with E-state index in [1.54, 1.807) is 6.20 Å². The summed E-state index contributed by atoms with van der Waals surface area (Å²) in [6, 6.07) is 3.95. The van der Waals surface area contributed by atoms with Gasteiger partial charge in [0.1, 0.15) is 11.9 Å². The largest absolute Gasteiger partial charge is 0.368 e. The lowest BCUT2D eigenvalue weighted by molar-refractivity contribution is -0.142. The van der Waals surface area contributed by atoms with Gasteiger partial charge in [-0.2, -0.15) is 0 Å². The fourth-order valence-corrected chi connectivity index (χ4v) is 3.79. The molecule has 4 rings (SSSR count). The Balaban J connectivity index is 1.61. The molecule has 2 aromatic heterocycles. The van der Waals surface area contributed by atoms with E-state index in [-0.39, 0.29) is 17.9 Å². The van der Waals surface area contributed by atoms with Crippen LogP contribution < -0.4 is 0 Å². The predicted molar refractivity (Wildman–Crippen MR) is 89.6 cm³/mol. The van der Waals surface area contributed by atoms with Crippen molar-refractivity contribution in [3.8, 4) is 0 Å². The number of nitrogens with zero attached hydrogens (tertiary/aromatic N) is 4. The highest BCUT2D eigenvalue weighted by atomic mass is 16.5. The maximum atomic E-state index is 12.7. The van der Waals surface area contributed by atoms with Crippen LogP contribution in [0.15, 0.2) is 18.3 Å². The van der Waals surface area contributed by atoms with Gasteiger partial charge in [-0.25, -0.2) is 15.0 Å². The summed E-state index contributed by atoms with van der Waals surface area (Å²) in [6.07, 6.45) is 5.37. The zero-order valence-corrected chi connectivity index (χ0v) is 13.9. The Kier molecular flexibility index (Phi) is 4.14. The number of fused-ring (bicyclic) bond motifs is 1.